The van der Waals surface area contributed by atoms with Gasteiger partial charge in [0.1, 0.15) is 5.82 Å². The van der Waals surface area contributed by atoms with Gasteiger partial charge in [-0.05, 0) is 43.9 Å². The second-order valence-corrected chi connectivity index (χ2v) is 5.20. The largest absolute Gasteiger partial charge is 0.342 e. The van der Waals surface area contributed by atoms with Gasteiger partial charge in [0.05, 0.1) is 6.54 Å². The summed E-state index contributed by atoms with van der Waals surface area (Å²) in [5.41, 5.74) is 1.08. The van der Waals surface area contributed by atoms with Crippen LogP contribution in [0.3, 0.4) is 0 Å². The Balaban J connectivity index is 1.73. The van der Waals surface area contributed by atoms with Gasteiger partial charge in [0, 0.05) is 19.1 Å². The van der Waals surface area contributed by atoms with Gasteiger partial charge in [0.15, 0.2) is 0 Å². The number of hydrogen-bond acceptors (Lipinski definition) is 2. The fraction of sp³-hybridized carbons (Fsp3) is 0.533. The molecule has 1 aliphatic rings. The molecule has 0 aliphatic carbocycles. The minimum absolute atomic E-state index is 0.184. The van der Waals surface area contributed by atoms with Crippen LogP contribution in [0.15, 0.2) is 24.3 Å². The van der Waals surface area contributed by atoms with Crippen molar-refractivity contribution in [1.29, 1.82) is 0 Å². The molecule has 0 radical (unpaired) electrons. The maximum Gasteiger partial charge on any atom is 0.236 e. The maximum absolute atomic E-state index is 12.8. The monoisotopic (exact) mass is 264 g/mol. The second kappa shape index (κ2) is 6.66. The number of amides is 1. The van der Waals surface area contributed by atoms with Crippen LogP contribution in [0.4, 0.5) is 4.39 Å². The summed E-state index contributed by atoms with van der Waals surface area (Å²) in [5.74, 6) is -0.0305. The predicted molar refractivity (Wildman–Crippen MR) is 73.4 cm³/mol. The number of nitrogens with one attached hydrogen (secondary N) is 1. The molecule has 1 aromatic rings. The van der Waals surface area contributed by atoms with Gasteiger partial charge in [-0.2, -0.15) is 0 Å². The quantitative estimate of drug-likeness (QED) is 0.882. The highest BCUT2D eigenvalue weighted by Gasteiger charge is 2.17. The molecule has 1 atom stereocenters. The van der Waals surface area contributed by atoms with E-state index in [9.17, 15) is 9.18 Å². The predicted octanol–water partition coefficient (Wildman–Crippen LogP) is 1.97. The lowest BCUT2D eigenvalue weighted by molar-refractivity contribution is -0.129. The van der Waals surface area contributed by atoms with Gasteiger partial charge in [-0.3, -0.25) is 4.79 Å². The van der Waals surface area contributed by atoms with Crippen LogP contribution in [0.25, 0.3) is 0 Å². The summed E-state index contributed by atoms with van der Waals surface area (Å²) in [6, 6.07) is 6.72. The van der Waals surface area contributed by atoms with Crippen molar-refractivity contribution in [2.75, 3.05) is 19.6 Å². The molecule has 4 heteroatoms. The lowest BCUT2D eigenvalue weighted by Crippen LogP contribution is -2.40. The lowest BCUT2D eigenvalue weighted by atomic mass is 10.1. The van der Waals surface area contributed by atoms with E-state index in [-0.39, 0.29) is 17.8 Å². The SMILES string of the molecule is CC(Cc1ccc(F)cc1)NCC(=O)N1CCCC1. The van der Waals surface area contributed by atoms with Crippen molar-refractivity contribution in [2.45, 2.75) is 32.2 Å². The van der Waals surface area contributed by atoms with Crippen LogP contribution in [-0.4, -0.2) is 36.5 Å². The topological polar surface area (TPSA) is 32.3 Å². The molecular formula is C15H21FN2O. The van der Waals surface area contributed by atoms with E-state index < -0.39 is 0 Å². The van der Waals surface area contributed by atoms with Gasteiger partial charge in [-0.1, -0.05) is 12.1 Å². The first kappa shape index (κ1) is 14.0. The Bertz CT molecular complexity index is 413. The van der Waals surface area contributed by atoms with Crippen molar-refractivity contribution in [2.24, 2.45) is 0 Å². The summed E-state index contributed by atoms with van der Waals surface area (Å²) in [4.78, 5) is 13.8. The number of rotatable bonds is 5. The van der Waals surface area contributed by atoms with Crippen LogP contribution in [0.5, 0.6) is 0 Å². The van der Waals surface area contributed by atoms with Crippen LogP contribution < -0.4 is 5.32 Å². The summed E-state index contributed by atoms with van der Waals surface area (Å²) in [5, 5.41) is 3.24. The Hall–Kier alpha value is -1.42. The van der Waals surface area contributed by atoms with Gasteiger partial charge in [-0.15, -0.1) is 0 Å². The smallest absolute Gasteiger partial charge is 0.236 e. The first-order chi connectivity index (χ1) is 9.15. The number of carbonyl (C=O) groups is 1. The summed E-state index contributed by atoms with van der Waals surface area (Å²) >= 11 is 0. The first-order valence-corrected chi connectivity index (χ1v) is 6.91. The molecule has 1 heterocycles. The third kappa shape index (κ3) is 4.31. The molecule has 0 aromatic heterocycles. The van der Waals surface area contributed by atoms with E-state index in [1.54, 1.807) is 12.1 Å². The average Bonchev–Trinajstić information content (AvgIpc) is 2.93. The zero-order valence-corrected chi connectivity index (χ0v) is 11.4. The van der Waals surface area contributed by atoms with Crippen LogP contribution in [-0.2, 0) is 11.2 Å². The minimum Gasteiger partial charge on any atom is -0.342 e. The first-order valence-electron chi connectivity index (χ1n) is 6.91. The second-order valence-electron chi connectivity index (χ2n) is 5.20. The molecule has 0 spiro atoms. The van der Waals surface area contributed by atoms with E-state index in [1.165, 1.54) is 12.1 Å². The fourth-order valence-electron chi connectivity index (χ4n) is 2.39. The number of hydrogen-bond donors (Lipinski definition) is 1. The molecule has 104 valence electrons. The molecule has 1 N–H and O–H groups in total. The molecule has 1 saturated heterocycles. The van der Waals surface area contributed by atoms with Crippen LogP contribution in [0, 0.1) is 5.82 Å². The summed E-state index contributed by atoms with van der Waals surface area (Å²) < 4.78 is 12.8. The normalized spacial score (nSPS) is 16.6. The lowest BCUT2D eigenvalue weighted by Gasteiger charge is -2.18. The number of likely N-dealkylation sites (tertiary alicyclic amines) is 1. The fourth-order valence-corrected chi connectivity index (χ4v) is 2.39. The van der Waals surface area contributed by atoms with Crippen LogP contribution in [0.1, 0.15) is 25.3 Å². The van der Waals surface area contributed by atoms with Crippen molar-refractivity contribution in [3.8, 4) is 0 Å². The molecule has 1 unspecified atom stereocenters. The molecule has 1 fully saturated rings. The van der Waals surface area contributed by atoms with E-state index in [2.05, 4.69) is 5.32 Å². The Morgan fingerprint density at radius 3 is 2.58 bits per heavy atom. The van der Waals surface area contributed by atoms with E-state index in [0.717, 1.165) is 37.9 Å². The third-order valence-corrected chi connectivity index (χ3v) is 3.52. The highest BCUT2D eigenvalue weighted by molar-refractivity contribution is 5.78. The molecular weight excluding hydrogens is 243 g/mol. The Morgan fingerprint density at radius 1 is 1.32 bits per heavy atom. The Kier molecular flexibility index (Phi) is 4.91. The molecule has 19 heavy (non-hydrogen) atoms. The van der Waals surface area contributed by atoms with Crippen LogP contribution >= 0.6 is 0 Å². The number of nitrogens with zero attached hydrogens (tertiary/aromatic N) is 1. The zero-order chi connectivity index (χ0) is 13.7. The highest BCUT2D eigenvalue weighted by Crippen LogP contribution is 2.08. The molecule has 2 rings (SSSR count). The van der Waals surface area contributed by atoms with Gasteiger partial charge in [-0.25, -0.2) is 4.39 Å². The molecule has 1 aromatic carbocycles. The van der Waals surface area contributed by atoms with E-state index >= 15 is 0 Å². The standard InChI is InChI=1S/C15H21FN2O/c1-12(10-13-4-6-14(16)7-5-13)17-11-15(19)18-8-2-3-9-18/h4-7,12,17H,2-3,8-11H2,1H3. The summed E-state index contributed by atoms with van der Waals surface area (Å²) in [6.07, 6.45) is 3.04. The van der Waals surface area contributed by atoms with Crippen LogP contribution in [0.2, 0.25) is 0 Å². The van der Waals surface area contributed by atoms with Gasteiger partial charge in [0.2, 0.25) is 5.91 Å². The number of carbonyl (C=O) groups excluding carboxylic acids is 1. The van der Waals surface area contributed by atoms with Crippen molar-refractivity contribution in [1.82, 2.24) is 10.2 Å². The van der Waals surface area contributed by atoms with E-state index in [0.29, 0.717) is 6.54 Å². The Morgan fingerprint density at radius 2 is 1.95 bits per heavy atom. The van der Waals surface area contributed by atoms with Gasteiger partial charge < -0.3 is 10.2 Å². The third-order valence-electron chi connectivity index (χ3n) is 3.52. The highest BCUT2D eigenvalue weighted by atomic mass is 19.1. The summed E-state index contributed by atoms with van der Waals surface area (Å²) in [6.45, 7) is 4.22. The van der Waals surface area contributed by atoms with Gasteiger partial charge >= 0.3 is 0 Å². The Labute approximate surface area is 113 Å². The van der Waals surface area contributed by atoms with Crippen molar-refractivity contribution < 1.29 is 9.18 Å². The van der Waals surface area contributed by atoms with Crippen molar-refractivity contribution in [3.05, 3.63) is 35.6 Å². The van der Waals surface area contributed by atoms with E-state index in [4.69, 9.17) is 0 Å². The molecule has 0 bridgehead atoms. The molecule has 3 nitrogen and oxygen atoms in total. The van der Waals surface area contributed by atoms with Crippen molar-refractivity contribution >= 4 is 5.91 Å². The minimum atomic E-state index is -0.214. The molecule has 0 saturated carbocycles. The maximum atomic E-state index is 12.8. The number of halogens is 1. The van der Waals surface area contributed by atoms with E-state index in [1.807, 2.05) is 11.8 Å². The molecule has 1 aliphatic heterocycles. The number of benzene rings is 1. The molecule has 1 amide bonds. The zero-order valence-electron chi connectivity index (χ0n) is 11.4. The average molecular weight is 264 g/mol. The van der Waals surface area contributed by atoms with Gasteiger partial charge in [0.25, 0.3) is 0 Å². The summed E-state index contributed by atoms with van der Waals surface area (Å²) in [7, 11) is 0. The van der Waals surface area contributed by atoms with Crippen molar-refractivity contribution in [3.63, 3.8) is 0 Å².